The zero-order valence-corrected chi connectivity index (χ0v) is 20.4. The summed E-state index contributed by atoms with van der Waals surface area (Å²) < 4.78 is 38.9. The number of nitrogens with zero attached hydrogens (tertiary/aromatic N) is 2. The molecule has 4 rings (SSSR count). The Labute approximate surface area is 206 Å². The summed E-state index contributed by atoms with van der Waals surface area (Å²) in [4.78, 5) is 16.7. The first-order valence-electron chi connectivity index (χ1n) is 11.5. The Balaban J connectivity index is 1.27. The summed E-state index contributed by atoms with van der Waals surface area (Å²) in [6.45, 7) is 5.12. The summed E-state index contributed by atoms with van der Waals surface area (Å²) in [5.41, 5.74) is 1.59. The molecule has 0 atom stereocenters. The standard InChI is InChI=1S/C26H29N3O5S/c1-2-33-23-10-8-21(9-11-23)27-35(31,32)25-14-12-24(13-15-25)34-20-26(30)29-18-16-28(17-19-29)22-6-4-3-5-7-22/h3-15,27H,2,16-20H2,1H3. The molecule has 1 saturated heterocycles. The van der Waals surface area contributed by atoms with Crippen LogP contribution in [0.1, 0.15) is 6.92 Å². The van der Waals surface area contributed by atoms with E-state index < -0.39 is 10.0 Å². The summed E-state index contributed by atoms with van der Waals surface area (Å²) in [6.07, 6.45) is 0. The summed E-state index contributed by atoms with van der Waals surface area (Å²) in [7, 11) is -3.76. The van der Waals surface area contributed by atoms with Crippen LogP contribution in [0.15, 0.2) is 83.8 Å². The van der Waals surface area contributed by atoms with Crippen LogP contribution in [-0.2, 0) is 14.8 Å². The molecule has 1 N–H and O–H groups in total. The average Bonchev–Trinajstić information content (AvgIpc) is 2.89. The molecule has 1 aliphatic heterocycles. The van der Waals surface area contributed by atoms with Crippen LogP contribution in [0.25, 0.3) is 0 Å². The molecular formula is C26H29N3O5S. The molecule has 1 fully saturated rings. The Morgan fingerprint density at radius 2 is 1.43 bits per heavy atom. The number of hydrogen-bond acceptors (Lipinski definition) is 6. The lowest BCUT2D eigenvalue weighted by Gasteiger charge is -2.36. The molecule has 1 aliphatic rings. The van der Waals surface area contributed by atoms with Gasteiger partial charge in [-0.3, -0.25) is 9.52 Å². The third-order valence-electron chi connectivity index (χ3n) is 5.67. The zero-order valence-electron chi connectivity index (χ0n) is 19.6. The number of amides is 1. The minimum atomic E-state index is -3.76. The lowest BCUT2D eigenvalue weighted by atomic mass is 10.2. The highest BCUT2D eigenvalue weighted by Crippen LogP contribution is 2.22. The summed E-state index contributed by atoms with van der Waals surface area (Å²) >= 11 is 0. The van der Waals surface area contributed by atoms with E-state index in [9.17, 15) is 13.2 Å². The monoisotopic (exact) mass is 495 g/mol. The fourth-order valence-corrected chi connectivity index (χ4v) is 4.86. The van der Waals surface area contributed by atoms with Gasteiger partial charge in [-0.1, -0.05) is 18.2 Å². The SMILES string of the molecule is CCOc1ccc(NS(=O)(=O)c2ccc(OCC(=O)N3CCN(c4ccccc4)CC3)cc2)cc1. The number of anilines is 2. The van der Waals surface area contributed by atoms with Crippen molar-refractivity contribution < 1.29 is 22.7 Å². The van der Waals surface area contributed by atoms with Crippen LogP contribution in [0, 0.1) is 0 Å². The van der Waals surface area contributed by atoms with Gasteiger partial charge in [-0.2, -0.15) is 0 Å². The molecule has 0 saturated carbocycles. The van der Waals surface area contributed by atoms with Crippen LogP contribution >= 0.6 is 0 Å². The largest absolute Gasteiger partial charge is 0.494 e. The van der Waals surface area contributed by atoms with Gasteiger partial charge in [-0.15, -0.1) is 0 Å². The zero-order chi connectivity index (χ0) is 24.7. The number of para-hydroxylation sites is 1. The molecule has 8 nitrogen and oxygen atoms in total. The van der Waals surface area contributed by atoms with Crippen LogP contribution in [0.3, 0.4) is 0 Å². The lowest BCUT2D eigenvalue weighted by Crippen LogP contribution is -2.50. The van der Waals surface area contributed by atoms with Gasteiger partial charge in [0.05, 0.1) is 11.5 Å². The van der Waals surface area contributed by atoms with Crippen molar-refractivity contribution in [2.45, 2.75) is 11.8 Å². The second-order valence-electron chi connectivity index (χ2n) is 8.03. The minimum absolute atomic E-state index is 0.0911. The number of rotatable bonds is 9. The maximum atomic E-state index is 12.7. The van der Waals surface area contributed by atoms with Gasteiger partial charge >= 0.3 is 0 Å². The van der Waals surface area contributed by atoms with Crippen molar-refractivity contribution in [1.29, 1.82) is 0 Å². The van der Waals surface area contributed by atoms with Crippen LogP contribution in [0.5, 0.6) is 11.5 Å². The van der Waals surface area contributed by atoms with Gasteiger partial charge in [0.1, 0.15) is 11.5 Å². The predicted octanol–water partition coefficient (Wildman–Crippen LogP) is 3.61. The first-order valence-corrected chi connectivity index (χ1v) is 13.0. The normalized spacial score (nSPS) is 13.9. The molecular weight excluding hydrogens is 466 g/mol. The number of nitrogens with one attached hydrogen (secondary N) is 1. The van der Waals surface area contributed by atoms with E-state index in [1.54, 1.807) is 41.3 Å². The van der Waals surface area contributed by atoms with Crippen molar-refractivity contribution in [3.05, 3.63) is 78.9 Å². The van der Waals surface area contributed by atoms with Gasteiger partial charge in [0.15, 0.2) is 6.61 Å². The van der Waals surface area contributed by atoms with Crippen LogP contribution in [0.4, 0.5) is 11.4 Å². The highest BCUT2D eigenvalue weighted by molar-refractivity contribution is 7.92. The second-order valence-corrected chi connectivity index (χ2v) is 9.71. The second kappa shape index (κ2) is 11.1. The van der Waals surface area contributed by atoms with Crippen LogP contribution in [0.2, 0.25) is 0 Å². The maximum Gasteiger partial charge on any atom is 0.261 e. The van der Waals surface area contributed by atoms with Crippen molar-refractivity contribution in [3.8, 4) is 11.5 Å². The van der Waals surface area contributed by atoms with E-state index in [-0.39, 0.29) is 17.4 Å². The third kappa shape index (κ3) is 6.45. The van der Waals surface area contributed by atoms with E-state index in [1.807, 2.05) is 25.1 Å². The molecule has 0 aliphatic carbocycles. The topological polar surface area (TPSA) is 88.2 Å². The van der Waals surface area contributed by atoms with Gasteiger partial charge in [0.25, 0.3) is 15.9 Å². The molecule has 1 amide bonds. The number of benzene rings is 3. The van der Waals surface area contributed by atoms with Gasteiger partial charge in [-0.05, 0) is 67.6 Å². The smallest absolute Gasteiger partial charge is 0.261 e. The van der Waals surface area contributed by atoms with E-state index >= 15 is 0 Å². The maximum absolute atomic E-state index is 12.7. The first-order chi connectivity index (χ1) is 16.9. The molecule has 0 bridgehead atoms. The Bertz CT molecular complexity index is 1210. The van der Waals surface area contributed by atoms with Crippen molar-refractivity contribution >= 4 is 27.3 Å². The fourth-order valence-electron chi connectivity index (χ4n) is 3.80. The molecule has 9 heteroatoms. The summed E-state index contributed by atoms with van der Waals surface area (Å²) in [5, 5.41) is 0. The van der Waals surface area contributed by atoms with E-state index in [1.165, 1.54) is 12.1 Å². The summed E-state index contributed by atoms with van der Waals surface area (Å²) in [6, 6.07) is 22.8. The van der Waals surface area contributed by atoms with Crippen molar-refractivity contribution in [1.82, 2.24) is 4.90 Å². The van der Waals surface area contributed by atoms with Crippen molar-refractivity contribution in [3.63, 3.8) is 0 Å². The number of carbonyl (C=O) groups excluding carboxylic acids is 1. The van der Waals surface area contributed by atoms with Crippen molar-refractivity contribution in [2.75, 3.05) is 49.0 Å². The van der Waals surface area contributed by atoms with Gasteiger partial charge in [-0.25, -0.2) is 8.42 Å². The molecule has 3 aromatic rings. The number of ether oxygens (including phenoxy) is 2. The van der Waals surface area contributed by atoms with Crippen molar-refractivity contribution in [2.24, 2.45) is 0 Å². The number of carbonyl (C=O) groups is 1. The first kappa shape index (κ1) is 24.4. The van der Waals surface area contributed by atoms with Crippen LogP contribution < -0.4 is 19.1 Å². The van der Waals surface area contributed by atoms with E-state index in [0.717, 1.165) is 18.8 Å². The highest BCUT2D eigenvalue weighted by Gasteiger charge is 2.21. The van der Waals surface area contributed by atoms with Crippen LogP contribution in [-0.4, -0.2) is 58.6 Å². The molecule has 0 unspecified atom stereocenters. The summed E-state index contributed by atoms with van der Waals surface area (Å²) in [5.74, 6) is 1.01. The number of piperazine rings is 1. The fraction of sp³-hybridized carbons (Fsp3) is 0.269. The van der Waals surface area contributed by atoms with E-state index in [4.69, 9.17) is 9.47 Å². The molecule has 184 valence electrons. The molecule has 3 aromatic carbocycles. The Kier molecular flexibility index (Phi) is 7.77. The average molecular weight is 496 g/mol. The van der Waals surface area contributed by atoms with Gasteiger partial charge in [0.2, 0.25) is 0 Å². The Morgan fingerprint density at radius 3 is 2.06 bits per heavy atom. The Hall–Kier alpha value is -3.72. The quantitative estimate of drug-likeness (QED) is 0.488. The predicted molar refractivity (Wildman–Crippen MR) is 136 cm³/mol. The third-order valence-corrected chi connectivity index (χ3v) is 7.06. The van der Waals surface area contributed by atoms with Gasteiger partial charge in [0, 0.05) is 37.6 Å². The number of sulfonamides is 1. The van der Waals surface area contributed by atoms with E-state index in [2.05, 4.69) is 21.8 Å². The molecule has 0 aromatic heterocycles. The lowest BCUT2D eigenvalue weighted by molar-refractivity contribution is -0.133. The minimum Gasteiger partial charge on any atom is -0.494 e. The Morgan fingerprint density at radius 1 is 0.829 bits per heavy atom. The highest BCUT2D eigenvalue weighted by atomic mass is 32.2. The molecule has 0 radical (unpaired) electrons. The molecule has 0 spiro atoms. The van der Waals surface area contributed by atoms with E-state index in [0.29, 0.717) is 36.9 Å². The molecule has 1 heterocycles. The number of hydrogen-bond donors (Lipinski definition) is 1. The van der Waals surface area contributed by atoms with Gasteiger partial charge < -0.3 is 19.3 Å². The molecule has 35 heavy (non-hydrogen) atoms.